The standard InChI is InChI=1S/C46H26N4/c1-2-12-28(13-3-1)41-38-22-21-27-11-4-5-14-29(27)42(38)48-46(47-41)50-40-20-9-7-16-31(40)34-23-24-36-37(45(34)50)26-25-35-33-18-10-17-32-30-15-6-8-19-39(30)49(43(32)33)44(35)36/h1-26H. The van der Waals surface area contributed by atoms with Crippen molar-refractivity contribution in [3.63, 3.8) is 0 Å². The van der Waals surface area contributed by atoms with E-state index < -0.39 is 0 Å². The van der Waals surface area contributed by atoms with Gasteiger partial charge >= 0.3 is 0 Å². The lowest BCUT2D eigenvalue weighted by Gasteiger charge is -2.14. The van der Waals surface area contributed by atoms with Gasteiger partial charge in [0.2, 0.25) is 5.95 Å². The molecule has 4 aromatic heterocycles. The first kappa shape index (κ1) is 26.2. The molecule has 8 aromatic carbocycles. The number of benzene rings is 8. The molecular formula is C46H26N4. The van der Waals surface area contributed by atoms with Crippen LogP contribution >= 0.6 is 0 Å². The van der Waals surface area contributed by atoms with E-state index in [1.54, 1.807) is 0 Å². The predicted molar refractivity (Wildman–Crippen MR) is 209 cm³/mol. The molecule has 0 unspecified atom stereocenters. The fourth-order valence-electron chi connectivity index (χ4n) is 8.75. The summed E-state index contributed by atoms with van der Waals surface area (Å²) in [4.78, 5) is 10.9. The Bertz CT molecular complexity index is 3370. The van der Waals surface area contributed by atoms with Gasteiger partial charge in [0.25, 0.3) is 0 Å². The summed E-state index contributed by atoms with van der Waals surface area (Å²) in [5.74, 6) is 0.670. The first-order chi connectivity index (χ1) is 24.8. The molecule has 0 N–H and O–H groups in total. The van der Waals surface area contributed by atoms with Crippen LogP contribution in [0.1, 0.15) is 0 Å². The van der Waals surface area contributed by atoms with Gasteiger partial charge in [0.05, 0.1) is 38.8 Å². The van der Waals surface area contributed by atoms with Gasteiger partial charge in [-0.25, -0.2) is 9.97 Å². The summed E-state index contributed by atoms with van der Waals surface area (Å²) in [5, 5.41) is 13.2. The molecule has 4 heterocycles. The lowest BCUT2D eigenvalue weighted by Crippen LogP contribution is -2.04. The van der Waals surface area contributed by atoms with E-state index >= 15 is 0 Å². The van der Waals surface area contributed by atoms with Gasteiger partial charge in [0.1, 0.15) is 0 Å². The van der Waals surface area contributed by atoms with E-state index in [2.05, 4.69) is 167 Å². The molecule has 4 nitrogen and oxygen atoms in total. The molecule has 0 fully saturated rings. The molecule has 50 heavy (non-hydrogen) atoms. The van der Waals surface area contributed by atoms with Crippen LogP contribution in [-0.2, 0) is 0 Å². The SMILES string of the molecule is c1ccc(-c2nc(-n3c4ccccc4c4ccc5c(ccc6c7cccc8c9ccccc9n(c56)c87)c43)nc3c2ccc2ccccc23)cc1. The Kier molecular flexibility index (Phi) is 4.94. The van der Waals surface area contributed by atoms with Gasteiger partial charge in [-0.2, -0.15) is 0 Å². The van der Waals surface area contributed by atoms with E-state index in [0.717, 1.165) is 44.0 Å². The van der Waals surface area contributed by atoms with Crippen molar-refractivity contribution in [2.75, 3.05) is 0 Å². The molecule has 0 atom stereocenters. The van der Waals surface area contributed by atoms with Crippen molar-refractivity contribution < 1.29 is 0 Å². The minimum Gasteiger partial charge on any atom is -0.307 e. The first-order valence-corrected chi connectivity index (χ1v) is 17.1. The Morgan fingerprint density at radius 1 is 0.340 bits per heavy atom. The maximum Gasteiger partial charge on any atom is 0.235 e. The molecule has 0 amide bonds. The molecule has 4 heteroatoms. The average Bonchev–Trinajstić information content (AvgIpc) is 3.83. The highest BCUT2D eigenvalue weighted by atomic mass is 15.2. The van der Waals surface area contributed by atoms with Crippen molar-refractivity contribution in [1.29, 1.82) is 0 Å². The zero-order valence-electron chi connectivity index (χ0n) is 26.8. The zero-order chi connectivity index (χ0) is 32.5. The largest absolute Gasteiger partial charge is 0.307 e. The Labute approximate surface area is 285 Å². The topological polar surface area (TPSA) is 35.1 Å². The predicted octanol–water partition coefficient (Wildman–Crippen LogP) is 11.9. The van der Waals surface area contributed by atoms with Crippen molar-refractivity contribution in [2.24, 2.45) is 0 Å². The average molecular weight is 635 g/mol. The fourth-order valence-corrected chi connectivity index (χ4v) is 8.75. The Morgan fingerprint density at radius 2 is 0.860 bits per heavy atom. The first-order valence-electron chi connectivity index (χ1n) is 17.1. The highest BCUT2D eigenvalue weighted by molar-refractivity contribution is 6.30. The smallest absolute Gasteiger partial charge is 0.235 e. The van der Waals surface area contributed by atoms with Crippen LogP contribution in [0.3, 0.4) is 0 Å². The molecule has 0 saturated heterocycles. The van der Waals surface area contributed by atoms with Crippen LogP contribution in [0, 0.1) is 0 Å². The fraction of sp³-hybridized carbons (Fsp3) is 0. The maximum atomic E-state index is 5.45. The molecule has 0 spiro atoms. The molecule has 0 radical (unpaired) electrons. The van der Waals surface area contributed by atoms with Crippen LogP contribution in [0.2, 0.25) is 0 Å². The lowest BCUT2D eigenvalue weighted by atomic mass is 10.0. The van der Waals surface area contributed by atoms with E-state index in [1.807, 2.05) is 0 Å². The summed E-state index contributed by atoms with van der Waals surface area (Å²) in [6.45, 7) is 0. The minimum absolute atomic E-state index is 0.670. The molecule has 0 aliphatic heterocycles. The third-order valence-electron chi connectivity index (χ3n) is 10.8. The summed E-state index contributed by atoms with van der Waals surface area (Å²) in [5.41, 5.74) is 8.92. The van der Waals surface area contributed by atoms with E-state index in [4.69, 9.17) is 9.97 Å². The van der Waals surface area contributed by atoms with E-state index in [9.17, 15) is 0 Å². The summed E-state index contributed by atoms with van der Waals surface area (Å²) in [7, 11) is 0. The molecule has 230 valence electrons. The van der Waals surface area contributed by atoms with Crippen LogP contribution in [0.15, 0.2) is 158 Å². The van der Waals surface area contributed by atoms with Crippen molar-refractivity contribution in [2.45, 2.75) is 0 Å². The van der Waals surface area contributed by atoms with Crippen LogP contribution in [-0.4, -0.2) is 18.9 Å². The third-order valence-corrected chi connectivity index (χ3v) is 10.8. The third kappa shape index (κ3) is 3.25. The molecule has 0 aliphatic rings. The van der Waals surface area contributed by atoms with Gasteiger partial charge in [-0.1, -0.05) is 140 Å². The van der Waals surface area contributed by atoms with Crippen LogP contribution in [0.5, 0.6) is 0 Å². The summed E-state index contributed by atoms with van der Waals surface area (Å²) in [6.07, 6.45) is 0. The summed E-state index contributed by atoms with van der Waals surface area (Å²) in [6, 6.07) is 56.8. The van der Waals surface area contributed by atoms with Gasteiger partial charge in [0, 0.05) is 59.4 Å². The van der Waals surface area contributed by atoms with Gasteiger partial charge in [0.15, 0.2) is 0 Å². The monoisotopic (exact) mass is 634 g/mol. The Hall–Kier alpha value is -6.78. The summed E-state index contributed by atoms with van der Waals surface area (Å²) < 4.78 is 4.79. The van der Waals surface area contributed by atoms with E-state index in [-0.39, 0.29) is 0 Å². The number of para-hydroxylation sites is 3. The molecule has 12 rings (SSSR count). The second-order valence-electron chi connectivity index (χ2n) is 13.3. The zero-order valence-corrected chi connectivity index (χ0v) is 26.8. The number of hydrogen-bond donors (Lipinski definition) is 0. The second kappa shape index (κ2) is 9.43. The lowest BCUT2D eigenvalue weighted by molar-refractivity contribution is 1.02. The quantitative estimate of drug-likeness (QED) is 0.177. The maximum absolute atomic E-state index is 5.45. The van der Waals surface area contributed by atoms with E-state index in [1.165, 1.54) is 59.6 Å². The second-order valence-corrected chi connectivity index (χ2v) is 13.3. The number of aromatic nitrogens is 4. The highest BCUT2D eigenvalue weighted by Crippen LogP contribution is 2.44. The van der Waals surface area contributed by atoms with Crippen LogP contribution in [0.25, 0.3) is 110 Å². The molecule has 0 bridgehead atoms. The normalized spacial score (nSPS) is 12.4. The highest BCUT2D eigenvalue weighted by Gasteiger charge is 2.23. The Morgan fingerprint density at radius 3 is 1.62 bits per heavy atom. The molecular weight excluding hydrogens is 609 g/mol. The van der Waals surface area contributed by atoms with E-state index in [0.29, 0.717) is 5.95 Å². The number of nitrogens with zero attached hydrogens (tertiary/aromatic N) is 4. The van der Waals surface area contributed by atoms with Gasteiger partial charge in [-0.05, 0) is 23.6 Å². The molecule has 12 aromatic rings. The van der Waals surface area contributed by atoms with Gasteiger partial charge < -0.3 is 4.40 Å². The molecule has 0 aliphatic carbocycles. The van der Waals surface area contributed by atoms with Crippen molar-refractivity contribution in [3.05, 3.63) is 158 Å². The minimum atomic E-state index is 0.670. The molecule has 0 saturated carbocycles. The van der Waals surface area contributed by atoms with Gasteiger partial charge in [-0.3, -0.25) is 4.57 Å². The van der Waals surface area contributed by atoms with Crippen LogP contribution in [0.4, 0.5) is 0 Å². The van der Waals surface area contributed by atoms with Crippen molar-refractivity contribution in [3.8, 4) is 17.2 Å². The van der Waals surface area contributed by atoms with Gasteiger partial charge in [-0.15, -0.1) is 0 Å². The Balaban J connectivity index is 1.28. The van der Waals surface area contributed by atoms with Crippen molar-refractivity contribution in [1.82, 2.24) is 18.9 Å². The van der Waals surface area contributed by atoms with Crippen molar-refractivity contribution >= 4 is 92.3 Å². The summed E-state index contributed by atoms with van der Waals surface area (Å²) >= 11 is 0. The van der Waals surface area contributed by atoms with Crippen LogP contribution < -0.4 is 0 Å². The number of rotatable bonds is 2. The number of hydrogen-bond acceptors (Lipinski definition) is 2. The number of fused-ring (bicyclic) bond motifs is 15.